The Morgan fingerprint density at radius 1 is 1.53 bits per heavy atom. The minimum atomic E-state index is -0.584. The Morgan fingerprint density at radius 2 is 2.24 bits per heavy atom. The fourth-order valence-corrected chi connectivity index (χ4v) is 2.80. The van der Waals surface area contributed by atoms with Gasteiger partial charge in [0.2, 0.25) is 5.91 Å². The van der Waals surface area contributed by atoms with Crippen LogP contribution in [0.5, 0.6) is 0 Å². The van der Waals surface area contributed by atoms with E-state index in [-0.39, 0.29) is 5.91 Å². The number of nitrogens with one attached hydrogen (secondary N) is 1. The molecule has 2 rings (SSSR count). The predicted octanol–water partition coefficient (Wildman–Crippen LogP) is 3.82. The van der Waals surface area contributed by atoms with Crippen molar-refractivity contribution in [3.8, 4) is 0 Å². The minimum Gasteiger partial charge on any atom is -0.301 e. The van der Waals surface area contributed by atoms with Gasteiger partial charge in [0.05, 0.1) is 9.72 Å². The van der Waals surface area contributed by atoms with Crippen molar-refractivity contribution in [3.05, 3.63) is 22.7 Å². The molecule has 0 saturated carbocycles. The summed E-state index contributed by atoms with van der Waals surface area (Å²) in [7, 11) is 0. The summed E-state index contributed by atoms with van der Waals surface area (Å²) >= 11 is 13.1. The number of carbonyl (C=O) groups is 1. The van der Waals surface area contributed by atoms with E-state index in [0.29, 0.717) is 15.7 Å². The number of hydrogen-bond donors (Lipinski definition) is 1. The van der Waals surface area contributed by atoms with Crippen molar-refractivity contribution < 1.29 is 4.79 Å². The Balaban J connectivity index is 2.38. The number of hydrogen-bond acceptors (Lipinski definition) is 3. The van der Waals surface area contributed by atoms with Gasteiger partial charge in [0, 0.05) is 0 Å². The molecule has 0 radical (unpaired) electrons. The molecule has 3 nitrogen and oxygen atoms in total. The molecule has 0 aliphatic rings. The van der Waals surface area contributed by atoms with Gasteiger partial charge in [-0.05, 0) is 31.5 Å². The molecular weight excluding hydrogens is 279 g/mol. The van der Waals surface area contributed by atoms with Crippen molar-refractivity contribution in [1.29, 1.82) is 0 Å². The number of fused-ring (bicyclic) bond motifs is 1. The van der Waals surface area contributed by atoms with Crippen LogP contribution in [0.25, 0.3) is 10.2 Å². The van der Waals surface area contributed by atoms with Gasteiger partial charge in [-0.3, -0.25) is 4.79 Å². The van der Waals surface area contributed by atoms with Crippen molar-refractivity contribution in [3.63, 3.8) is 0 Å². The largest absolute Gasteiger partial charge is 0.301 e. The van der Waals surface area contributed by atoms with Crippen molar-refractivity contribution in [2.24, 2.45) is 0 Å². The van der Waals surface area contributed by atoms with Crippen LogP contribution in [0.4, 0.5) is 5.13 Å². The van der Waals surface area contributed by atoms with Crippen molar-refractivity contribution in [2.45, 2.75) is 19.2 Å². The fraction of sp³-hybridized carbons (Fsp3) is 0.273. The summed E-state index contributed by atoms with van der Waals surface area (Å²) in [5.74, 6) is -0.265. The molecule has 1 aromatic heterocycles. The number of halogens is 2. The summed E-state index contributed by atoms with van der Waals surface area (Å²) in [6.45, 7) is 3.57. The molecule has 1 heterocycles. The number of anilines is 1. The number of carbonyl (C=O) groups excluding carboxylic acids is 1. The van der Waals surface area contributed by atoms with Gasteiger partial charge in [-0.25, -0.2) is 4.98 Å². The maximum Gasteiger partial charge on any atom is 0.243 e. The van der Waals surface area contributed by atoms with Gasteiger partial charge in [0.25, 0.3) is 0 Å². The summed E-state index contributed by atoms with van der Waals surface area (Å²) in [4.78, 5) is 15.7. The number of aromatic nitrogens is 1. The first-order chi connectivity index (χ1) is 7.97. The Hall–Kier alpha value is -0.840. The van der Waals surface area contributed by atoms with Gasteiger partial charge in [-0.2, -0.15) is 0 Å². The number of aryl methyl sites for hydroxylation is 1. The van der Waals surface area contributed by atoms with Crippen LogP contribution in [0.15, 0.2) is 12.1 Å². The normalized spacial score (nSPS) is 12.7. The quantitative estimate of drug-likeness (QED) is 0.854. The molecule has 90 valence electrons. The Morgan fingerprint density at radius 3 is 2.88 bits per heavy atom. The molecule has 2 aromatic rings. The van der Waals surface area contributed by atoms with Gasteiger partial charge >= 0.3 is 0 Å². The fourth-order valence-electron chi connectivity index (χ4n) is 1.38. The lowest BCUT2D eigenvalue weighted by Gasteiger charge is -2.01. The number of amides is 1. The molecule has 0 aliphatic carbocycles. The summed E-state index contributed by atoms with van der Waals surface area (Å²) in [5.41, 5.74) is 1.77. The molecule has 0 bridgehead atoms. The predicted molar refractivity (Wildman–Crippen MR) is 73.3 cm³/mol. The van der Waals surface area contributed by atoms with Crippen LogP contribution >= 0.6 is 34.5 Å². The second-order valence-electron chi connectivity index (χ2n) is 3.72. The lowest BCUT2D eigenvalue weighted by molar-refractivity contribution is -0.115. The molecule has 1 amide bonds. The van der Waals surface area contributed by atoms with Crippen LogP contribution in [0.2, 0.25) is 5.02 Å². The number of rotatable bonds is 2. The van der Waals surface area contributed by atoms with Gasteiger partial charge in [-0.1, -0.05) is 22.9 Å². The average Bonchev–Trinajstić information content (AvgIpc) is 2.60. The number of benzene rings is 1. The van der Waals surface area contributed by atoms with Gasteiger partial charge < -0.3 is 5.32 Å². The molecule has 0 spiro atoms. The van der Waals surface area contributed by atoms with E-state index in [2.05, 4.69) is 10.3 Å². The average molecular weight is 289 g/mol. The molecule has 6 heteroatoms. The highest BCUT2D eigenvalue weighted by atomic mass is 35.5. The third-order valence-corrected chi connectivity index (χ3v) is 3.59. The van der Waals surface area contributed by atoms with E-state index in [1.165, 1.54) is 11.3 Å². The lowest BCUT2D eigenvalue weighted by atomic mass is 10.2. The van der Waals surface area contributed by atoms with Crippen molar-refractivity contribution in [1.82, 2.24) is 4.98 Å². The van der Waals surface area contributed by atoms with E-state index in [0.717, 1.165) is 10.3 Å². The number of thiazole rings is 1. The molecule has 1 atom stereocenters. The summed E-state index contributed by atoms with van der Waals surface area (Å²) < 4.78 is 0.951. The zero-order chi connectivity index (χ0) is 12.6. The van der Waals surface area contributed by atoms with Gasteiger partial charge in [0.1, 0.15) is 10.9 Å². The Kier molecular flexibility index (Phi) is 3.56. The third kappa shape index (κ3) is 2.70. The zero-order valence-corrected chi connectivity index (χ0v) is 11.6. The van der Waals surface area contributed by atoms with E-state index < -0.39 is 5.38 Å². The first-order valence-electron chi connectivity index (χ1n) is 4.99. The highest BCUT2D eigenvalue weighted by molar-refractivity contribution is 7.22. The van der Waals surface area contributed by atoms with Crippen LogP contribution < -0.4 is 5.32 Å². The summed E-state index contributed by atoms with van der Waals surface area (Å²) in [6.07, 6.45) is 0. The maximum absolute atomic E-state index is 11.4. The molecule has 1 aromatic carbocycles. The van der Waals surface area contributed by atoms with Crippen LogP contribution in [0.1, 0.15) is 12.5 Å². The molecule has 0 fully saturated rings. The second-order valence-corrected chi connectivity index (χ2v) is 5.81. The van der Waals surface area contributed by atoms with Crippen molar-refractivity contribution >= 4 is 55.8 Å². The summed E-state index contributed by atoms with van der Waals surface area (Å²) in [5, 5.41) is 3.18. The Bertz CT molecular complexity index is 580. The second kappa shape index (κ2) is 4.80. The van der Waals surface area contributed by atoms with Crippen LogP contribution in [0, 0.1) is 6.92 Å². The molecule has 0 aliphatic heterocycles. The highest BCUT2D eigenvalue weighted by Crippen LogP contribution is 2.32. The number of alkyl halides is 1. The highest BCUT2D eigenvalue weighted by Gasteiger charge is 2.13. The smallest absolute Gasteiger partial charge is 0.243 e. The topological polar surface area (TPSA) is 42.0 Å². The minimum absolute atomic E-state index is 0.265. The maximum atomic E-state index is 11.4. The standard InChI is InChI=1S/C11H10Cl2N2OS/c1-5-3-7(13)9-8(4-5)17-11(14-9)15-10(16)6(2)12/h3-4,6H,1-2H3,(H,14,15,16). The van der Waals surface area contributed by atoms with E-state index in [4.69, 9.17) is 23.2 Å². The van der Waals surface area contributed by atoms with E-state index in [1.54, 1.807) is 6.92 Å². The van der Waals surface area contributed by atoms with Crippen molar-refractivity contribution in [2.75, 3.05) is 5.32 Å². The molecule has 1 unspecified atom stereocenters. The van der Waals surface area contributed by atoms with E-state index in [9.17, 15) is 4.79 Å². The molecule has 0 saturated heterocycles. The van der Waals surface area contributed by atoms with E-state index >= 15 is 0 Å². The zero-order valence-electron chi connectivity index (χ0n) is 9.25. The molecular formula is C11H10Cl2N2OS. The molecule has 17 heavy (non-hydrogen) atoms. The van der Waals surface area contributed by atoms with Gasteiger partial charge in [-0.15, -0.1) is 11.6 Å². The number of nitrogens with zero attached hydrogens (tertiary/aromatic N) is 1. The molecule has 1 N–H and O–H groups in total. The SMILES string of the molecule is Cc1cc(Cl)c2nc(NC(=O)C(C)Cl)sc2c1. The van der Waals surface area contributed by atoms with Crippen LogP contribution in [-0.4, -0.2) is 16.3 Å². The summed E-state index contributed by atoms with van der Waals surface area (Å²) in [6, 6.07) is 3.83. The van der Waals surface area contributed by atoms with E-state index in [1.807, 2.05) is 19.1 Å². The first kappa shape index (κ1) is 12.6. The monoisotopic (exact) mass is 288 g/mol. The Labute approximate surface area is 113 Å². The van der Waals surface area contributed by atoms with Crippen LogP contribution in [0.3, 0.4) is 0 Å². The van der Waals surface area contributed by atoms with Gasteiger partial charge in [0.15, 0.2) is 5.13 Å². The lowest BCUT2D eigenvalue weighted by Crippen LogP contribution is -2.19. The third-order valence-electron chi connectivity index (χ3n) is 2.18. The van der Waals surface area contributed by atoms with Crippen LogP contribution in [-0.2, 0) is 4.79 Å². The first-order valence-corrected chi connectivity index (χ1v) is 6.62.